The summed E-state index contributed by atoms with van der Waals surface area (Å²) < 4.78 is 64.5. The zero-order valence-electron chi connectivity index (χ0n) is 13.4. The Bertz CT molecular complexity index is 1190. The first-order valence-corrected chi connectivity index (χ1v) is 10.5. The summed E-state index contributed by atoms with van der Waals surface area (Å²) in [4.78, 5) is 16.2. The van der Waals surface area contributed by atoms with E-state index in [-0.39, 0.29) is 38.8 Å². The second-order valence-electron chi connectivity index (χ2n) is 5.21. The monoisotopic (exact) mass is 482 g/mol. The van der Waals surface area contributed by atoms with E-state index in [9.17, 15) is 26.4 Å². The maximum absolute atomic E-state index is 12.6. The van der Waals surface area contributed by atoms with E-state index in [0.29, 0.717) is 4.47 Å². The first-order valence-electron chi connectivity index (χ1n) is 7.27. The van der Waals surface area contributed by atoms with Crippen LogP contribution in [0.5, 0.6) is 0 Å². The third-order valence-electron chi connectivity index (χ3n) is 3.44. The number of rotatable bonds is 4. The van der Waals surface area contributed by atoms with E-state index >= 15 is 0 Å². The first kappa shape index (κ1) is 19.9. The molecule has 13 heteroatoms. The molecule has 0 aliphatic heterocycles. The van der Waals surface area contributed by atoms with Crippen molar-refractivity contribution in [3.63, 3.8) is 0 Å². The molecule has 0 bridgehead atoms. The van der Waals surface area contributed by atoms with Crippen LogP contribution < -0.4 is 5.69 Å². The van der Waals surface area contributed by atoms with Gasteiger partial charge in [0, 0.05) is 21.8 Å². The van der Waals surface area contributed by atoms with Crippen LogP contribution in [0.15, 0.2) is 49.7 Å². The van der Waals surface area contributed by atoms with Crippen LogP contribution in [0.4, 0.5) is 13.2 Å². The number of pyridine rings is 2. The summed E-state index contributed by atoms with van der Waals surface area (Å²) in [5, 5.41) is 3.96. The Kier molecular flexibility index (Phi) is 5.12. The van der Waals surface area contributed by atoms with Crippen LogP contribution in [0.25, 0.3) is 11.5 Å². The lowest BCUT2D eigenvalue weighted by Gasteiger charge is -2.07. The summed E-state index contributed by atoms with van der Waals surface area (Å²) >= 11 is 2.79. The molecule has 0 unspecified atom stereocenters. The predicted molar refractivity (Wildman–Crippen MR) is 95.9 cm³/mol. The van der Waals surface area contributed by atoms with Crippen LogP contribution in [0.2, 0.25) is 0 Å². The molecule has 3 heterocycles. The Morgan fingerprint density at radius 2 is 2.00 bits per heavy atom. The molecule has 3 aromatic rings. The summed E-state index contributed by atoms with van der Waals surface area (Å²) in [5.41, 5.74) is -5.31. The van der Waals surface area contributed by atoms with Crippen LogP contribution in [0, 0.1) is 0 Å². The Labute approximate surface area is 163 Å². The number of sulfone groups is 1. The Morgan fingerprint density at radius 3 is 2.63 bits per heavy atom. The van der Waals surface area contributed by atoms with E-state index in [4.69, 9.17) is 0 Å². The number of nitrogens with zero attached hydrogens (tertiary/aromatic N) is 4. The summed E-state index contributed by atoms with van der Waals surface area (Å²) in [6, 6.07) is 3.50. The van der Waals surface area contributed by atoms with Gasteiger partial charge in [0.05, 0.1) is 5.75 Å². The van der Waals surface area contributed by atoms with Crippen LogP contribution in [0.3, 0.4) is 0 Å². The molecule has 0 saturated carbocycles. The quantitative estimate of drug-likeness (QED) is 0.531. The van der Waals surface area contributed by atoms with Crippen LogP contribution in [0.1, 0.15) is 6.92 Å². The van der Waals surface area contributed by atoms with E-state index in [1.807, 2.05) is 0 Å². The van der Waals surface area contributed by atoms with Gasteiger partial charge in [0.15, 0.2) is 21.3 Å². The molecule has 3 aromatic heterocycles. The molecule has 0 N–H and O–H groups in total. The van der Waals surface area contributed by atoms with Gasteiger partial charge in [-0.2, -0.15) is 17.9 Å². The fourth-order valence-corrected chi connectivity index (χ4v) is 4.33. The van der Waals surface area contributed by atoms with E-state index in [0.717, 1.165) is 27.4 Å². The third kappa shape index (κ3) is 4.04. The number of hydrogen-bond donors (Lipinski definition) is 0. The van der Waals surface area contributed by atoms with Gasteiger partial charge < -0.3 is 0 Å². The van der Waals surface area contributed by atoms with Gasteiger partial charge in [0.1, 0.15) is 4.90 Å². The number of fused-ring (bicyclic) bond motifs is 1. The first-order chi connectivity index (χ1) is 12.5. The highest BCUT2D eigenvalue weighted by Gasteiger charge is 2.29. The van der Waals surface area contributed by atoms with E-state index in [2.05, 4.69) is 26.0 Å². The molecule has 0 aromatic carbocycles. The van der Waals surface area contributed by atoms with E-state index < -0.39 is 21.0 Å². The van der Waals surface area contributed by atoms with Crippen molar-refractivity contribution in [1.82, 2.24) is 19.2 Å². The van der Waals surface area contributed by atoms with Crippen molar-refractivity contribution in [2.75, 3.05) is 5.75 Å². The molecule has 0 aliphatic rings. The fraction of sp³-hybridized carbons (Fsp3) is 0.214. The Morgan fingerprint density at radius 1 is 1.30 bits per heavy atom. The van der Waals surface area contributed by atoms with Crippen molar-refractivity contribution in [3.8, 4) is 5.82 Å². The SMILES string of the molecule is CCS(=O)(=O)c1cc(Br)cnc1-n1nc2cc(SC(F)(F)F)ccn2c1=O. The molecule has 0 amide bonds. The number of alkyl halides is 3. The fourth-order valence-electron chi connectivity index (χ4n) is 2.25. The lowest BCUT2D eigenvalue weighted by Crippen LogP contribution is -2.23. The average Bonchev–Trinajstić information content (AvgIpc) is 2.89. The molecule has 27 heavy (non-hydrogen) atoms. The lowest BCUT2D eigenvalue weighted by atomic mass is 10.4. The second kappa shape index (κ2) is 6.95. The minimum atomic E-state index is -4.49. The molecule has 0 radical (unpaired) electrons. The third-order valence-corrected chi connectivity index (χ3v) is 6.33. The highest BCUT2D eigenvalue weighted by atomic mass is 79.9. The standard InChI is InChI=1S/C14H10BrF3N4O3S2/c1-2-27(24,25)10-5-8(15)7-19-12(10)22-13(23)21-4-3-9(6-11(21)20-22)26-14(16,17)18/h3-7H,2H2,1H3. The highest BCUT2D eigenvalue weighted by Crippen LogP contribution is 2.36. The summed E-state index contributed by atoms with van der Waals surface area (Å²) in [7, 11) is -3.74. The Hall–Kier alpha value is -1.86. The molecule has 3 rings (SSSR count). The smallest absolute Gasteiger partial charge is 0.250 e. The van der Waals surface area contributed by atoms with Crippen molar-refractivity contribution in [2.45, 2.75) is 22.2 Å². The maximum Gasteiger partial charge on any atom is 0.446 e. The molecule has 0 aliphatic carbocycles. The molecule has 0 fully saturated rings. The maximum atomic E-state index is 12.6. The minimum Gasteiger partial charge on any atom is -0.250 e. The van der Waals surface area contributed by atoms with E-state index in [1.165, 1.54) is 19.2 Å². The van der Waals surface area contributed by atoms with Gasteiger partial charge in [0.2, 0.25) is 0 Å². The molecule has 0 atom stereocenters. The van der Waals surface area contributed by atoms with Gasteiger partial charge in [-0.15, -0.1) is 5.10 Å². The zero-order chi connectivity index (χ0) is 20.0. The van der Waals surface area contributed by atoms with Crippen LogP contribution in [-0.2, 0) is 9.84 Å². The van der Waals surface area contributed by atoms with Gasteiger partial charge in [-0.1, -0.05) is 6.92 Å². The van der Waals surface area contributed by atoms with Crippen molar-refractivity contribution < 1.29 is 21.6 Å². The zero-order valence-corrected chi connectivity index (χ0v) is 16.7. The molecule has 7 nitrogen and oxygen atoms in total. The number of thioether (sulfide) groups is 1. The molecular weight excluding hydrogens is 473 g/mol. The van der Waals surface area contributed by atoms with Crippen molar-refractivity contribution in [3.05, 3.63) is 45.5 Å². The van der Waals surface area contributed by atoms with Crippen molar-refractivity contribution in [1.29, 1.82) is 0 Å². The topological polar surface area (TPSA) is 86.3 Å². The van der Waals surface area contributed by atoms with Crippen LogP contribution >= 0.6 is 27.7 Å². The van der Waals surface area contributed by atoms with Gasteiger partial charge >= 0.3 is 11.2 Å². The molecule has 144 valence electrons. The van der Waals surface area contributed by atoms with Gasteiger partial charge in [-0.3, -0.25) is 0 Å². The molecule has 0 spiro atoms. The Balaban J connectivity index is 2.22. The van der Waals surface area contributed by atoms with Crippen molar-refractivity contribution in [2.24, 2.45) is 0 Å². The number of hydrogen-bond acceptors (Lipinski definition) is 6. The number of halogens is 4. The lowest BCUT2D eigenvalue weighted by molar-refractivity contribution is -0.0328. The average molecular weight is 483 g/mol. The molecular formula is C14H10BrF3N4O3S2. The highest BCUT2D eigenvalue weighted by molar-refractivity contribution is 9.10. The minimum absolute atomic E-state index is 0.0705. The van der Waals surface area contributed by atoms with Crippen molar-refractivity contribution >= 4 is 43.2 Å². The second-order valence-corrected chi connectivity index (χ2v) is 9.51. The summed E-state index contributed by atoms with van der Waals surface area (Å²) in [6.07, 6.45) is 2.44. The summed E-state index contributed by atoms with van der Waals surface area (Å²) in [5.74, 6) is -0.453. The number of aromatic nitrogens is 4. The van der Waals surface area contributed by atoms with Gasteiger partial charge in [-0.25, -0.2) is 22.6 Å². The normalized spacial score (nSPS) is 12.6. The molecule has 0 saturated heterocycles. The van der Waals surface area contributed by atoms with Gasteiger partial charge in [0.25, 0.3) is 0 Å². The predicted octanol–water partition coefficient (Wildman–Crippen LogP) is 3.05. The largest absolute Gasteiger partial charge is 0.446 e. The summed E-state index contributed by atoms with van der Waals surface area (Å²) in [6.45, 7) is 1.44. The van der Waals surface area contributed by atoms with Crippen LogP contribution in [-0.4, -0.2) is 38.8 Å². The van der Waals surface area contributed by atoms with E-state index in [1.54, 1.807) is 0 Å². The van der Waals surface area contributed by atoms with Gasteiger partial charge in [-0.05, 0) is 45.9 Å².